The zero-order chi connectivity index (χ0) is 32.3. The van der Waals surface area contributed by atoms with E-state index in [0.717, 1.165) is 23.7 Å². The second-order valence-corrected chi connectivity index (χ2v) is 12.7. The maximum absolute atomic E-state index is 12.7. The number of benzene rings is 2. The van der Waals surface area contributed by atoms with Gasteiger partial charge in [-0.05, 0) is 75.9 Å². The average molecular weight is 641 g/mol. The molecule has 0 unspecified atom stereocenters. The van der Waals surface area contributed by atoms with Gasteiger partial charge in [0.2, 0.25) is 0 Å². The fourth-order valence-electron chi connectivity index (χ4n) is 5.12. The van der Waals surface area contributed by atoms with E-state index in [2.05, 4.69) is 21.4 Å². The van der Waals surface area contributed by atoms with Crippen LogP contribution in [-0.4, -0.2) is 57.1 Å². The van der Waals surface area contributed by atoms with Crippen LogP contribution < -0.4 is 14.8 Å². The van der Waals surface area contributed by atoms with E-state index >= 15 is 0 Å². The van der Waals surface area contributed by atoms with E-state index in [9.17, 15) is 14.9 Å². The Kier molecular flexibility index (Phi) is 8.74. The lowest BCUT2D eigenvalue weighted by molar-refractivity contribution is -0.156. The number of aromatic nitrogens is 3. The number of hydrogen-bond donors (Lipinski definition) is 1. The van der Waals surface area contributed by atoms with Crippen LogP contribution in [0.2, 0.25) is 0 Å². The minimum atomic E-state index is -0.708. The highest BCUT2D eigenvalue weighted by molar-refractivity contribution is 7.13. The zero-order valence-corrected chi connectivity index (χ0v) is 26.4. The molecule has 12 nitrogen and oxygen atoms in total. The minimum Gasteiger partial charge on any atom is -0.492 e. The third-order valence-electron chi connectivity index (χ3n) is 7.32. The summed E-state index contributed by atoms with van der Waals surface area (Å²) in [5.74, 6) is 1.78. The van der Waals surface area contributed by atoms with Crippen molar-refractivity contribution in [3.63, 3.8) is 0 Å². The van der Waals surface area contributed by atoms with Gasteiger partial charge in [-0.3, -0.25) is 14.9 Å². The maximum atomic E-state index is 12.7. The van der Waals surface area contributed by atoms with Crippen molar-refractivity contribution in [1.82, 2.24) is 19.6 Å². The standard InChI is InChI=1S/C33H32N6O6S/c1-33(2,3)44-32(41)45-38-12-7-21(8-13-38)20-42-29-18-26-25(17-23(29)19-34)28(6-10-35-26)43-24-4-5-27-22(16-24)9-14-39(27)31(40)37-30-36-11-15-46-30/h4-6,9-11,14-18,21H,7-8,12-13,20H2,1-3H3,(H,36,37,40). The van der Waals surface area contributed by atoms with Crippen LogP contribution >= 0.6 is 11.3 Å². The molecule has 0 saturated carbocycles. The molecule has 0 atom stereocenters. The predicted molar refractivity (Wildman–Crippen MR) is 172 cm³/mol. The highest BCUT2D eigenvalue weighted by atomic mass is 32.1. The van der Waals surface area contributed by atoms with Crippen molar-refractivity contribution in [2.75, 3.05) is 25.0 Å². The number of rotatable bonds is 7. The van der Waals surface area contributed by atoms with Crippen molar-refractivity contribution in [1.29, 1.82) is 5.26 Å². The summed E-state index contributed by atoms with van der Waals surface area (Å²) in [5.41, 5.74) is 1.10. The quantitative estimate of drug-likeness (QED) is 0.180. The summed E-state index contributed by atoms with van der Waals surface area (Å²) in [6.45, 7) is 6.91. The van der Waals surface area contributed by atoms with Gasteiger partial charge in [0, 0.05) is 53.9 Å². The van der Waals surface area contributed by atoms with Crippen molar-refractivity contribution in [2.24, 2.45) is 5.92 Å². The Morgan fingerprint density at radius 3 is 2.63 bits per heavy atom. The first-order valence-electron chi connectivity index (χ1n) is 14.8. The highest BCUT2D eigenvalue weighted by Gasteiger charge is 2.26. The molecule has 1 amide bonds. The van der Waals surface area contributed by atoms with Gasteiger partial charge < -0.3 is 19.0 Å². The van der Waals surface area contributed by atoms with E-state index in [-0.39, 0.29) is 11.9 Å². The van der Waals surface area contributed by atoms with Crippen molar-refractivity contribution < 1.29 is 28.6 Å². The number of anilines is 1. The fraction of sp³-hybridized carbons (Fsp3) is 0.303. The zero-order valence-electron chi connectivity index (χ0n) is 25.6. The molecule has 5 aromatic rings. The largest absolute Gasteiger partial charge is 0.528 e. The number of nitrogens with one attached hydrogen (secondary N) is 1. The third-order valence-corrected chi connectivity index (χ3v) is 8.01. The van der Waals surface area contributed by atoms with E-state index in [1.807, 2.05) is 18.2 Å². The Morgan fingerprint density at radius 1 is 1.07 bits per heavy atom. The van der Waals surface area contributed by atoms with Gasteiger partial charge >= 0.3 is 12.2 Å². The molecule has 4 heterocycles. The lowest BCUT2D eigenvalue weighted by Gasteiger charge is -2.31. The van der Waals surface area contributed by atoms with Gasteiger partial charge in [0.25, 0.3) is 0 Å². The SMILES string of the molecule is CC(C)(C)OC(=O)ON1CCC(COc2cc3nccc(Oc4ccc5c(ccn5C(=O)Nc5nccs5)c4)c3cc2C#N)CC1. The van der Waals surface area contributed by atoms with Crippen LogP contribution in [0.5, 0.6) is 17.2 Å². The summed E-state index contributed by atoms with van der Waals surface area (Å²) in [6.07, 6.45) is 5.79. The Balaban J connectivity index is 1.11. The molecule has 3 aromatic heterocycles. The number of fused-ring (bicyclic) bond motifs is 2. The number of hydroxylamine groups is 2. The lowest BCUT2D eigenvalue weighted by Crippen LogP contribution is -2.38. The fourth-order valence-corrected chi connectivity index (χ4v) is 5.64. The number of nitriles is 1. The van der Waals surface area contributed by atoms with Gasteiger partial charge in [-0.15, -0.1) is 16.4 Å². The summed E-state index contributed by atoms with van der Waals surface area (Å²) < 4.78 is 19.1. The van der Waals surface area contributed by atoms with Gasteiger partial charge in [-0.2, -0.15) is 5.26 Å². The molecule has 1 N–H and O–H groups in total. The number of carbonyl (C=O) groups excluding carboxylic acids is 2. The maximum Gasteiger partial charge on any atom is 0.528 e. The van der Waals surface area contributed by atoms with Crippen LogP contribution in [0.25, 0.3) is 21.8 Å². The van der Waals surface area contributed by atoms with Crippen LogP contribution in [-0.2, 0) is 9.57 Å². The molecule has 6 rings (SSSR count). The molecule has 1 saturated heterocycles. The van der Waals surface area contributed by atoms with Crippen molar-refractivity contribution in [2.45, 2.75) is 39.2 Å². The summed E-state index contributed by atoms with van der Waals surface area (Å²) >= 11 is 1.35. The summed E-state index contributed by atoms with van der Waals surface area (Å²) in [7, 11) is 0. The number of carbonyl (C=O) groups is 2. The third kappa shape index (κ3) is 7.20. The molecule has 236 valence electrons. The Morgan fingerprint density at radius 2 is 1.89 bits per heavy atom. The molecule has 0 radical (unpaired) electrons. The molecule has 0 spiro atoms. The number of hydrogen-bond acceptors (Lipinski definition) is 11. The van der Waals surface area contributed by atoms with Gasteiger partial charge in [0.15, 0.2) is 5.13 Å². The Bertz CT molecular complexity index is 1920. The first-order chi connectivity index (χ1) is 22.1. The molecule has 13 heteroatoms. The van der Waals surface area contributed by atoms with E-state index in [1.54, 1.807) is 74.1 Å². The number of piperidine rings is 1. The number of nitrogens with zero attached hydrogens (tertiary/aromatic N) is 5. The summed E-state index contributed by atoms with van der Waals surface area (Å²) in [6, 6.07) is 14.4. The van der Waals surface area contributed by atoms with Gasteiger partial charge in [0.1, 0.15) is 28.9 Å². The molecule has 0 aliphatic carbocycles. The second-order valence-electron chi connectivity index (χ2n) is 11.8. The molecule has 1 fully saturated rings. The van der Waals surface area contributed by atoms with Crippen LogP contribution in [0.15, 0.2) is 66.4 Å². The molecular formula is C33H32N6O6S. The lowest BCUT2D eigenvalue weighted by atomic mass is 9.99. The summed E-state index contributed by atoms with van der Waals surface area (Å²) in [5, 5.41) is 18.1. The average Bonchev–Trinajstić information content (AvgIpc) is 3.69. The van der Waals surface area contributed by atoms with E-state index < -0.39 is 11.8 Å². The Labute approximate surface area is 269 Å². The van der Waals surface area contributed by atoms with E-state index in [4.69, 9.17) is 19.0 Å². The van der Waals surface area contributed by atoms with Crippen LogP contribution in [0.1, 0.15) is 39.2 Å². The first kappa shape index (κ1) is 30.8. The van der Waals surface area contributed by atoms with Crippen LogP contribution in [0.4, 0.5) is 14.7 Å². The normalized spacial score (nSPS) is 14.1. The van der Waals surface area contributed by atoms with E-state index in [0.29, 0.717) is 58.5 Å². The number of pyridine rings is 1. The molecular weight excluding hydrogens is 608 g/mol. The van der Waals surface area contributed by atoms with Crippen LogP contribution in [0.3, 0.4) is 0 Å². The number of ether oxygens (including phenoxy) is 3. The monoisotopic (exact) mass is 640 g/mol. The predicted octanol–water partition coefficient (Wildman–Crippen LogP) is 7.35. The smallest absolute Gasteiger partial charge is 0.492 e. The first-order valence-corrected chi connectivity index (χ1v) is 15.6. The minimum absolute atomic E-state index is 0.228. The second kappa shape index (κ2) is 13.0. The molecule has 1 aliphatic heterocycles. The number of thiazole rings is 1. The van der Waals surface area contributed by atoms with Gasteiger partial charge in [-0.1, -0.05) is 0 Å². The molecule has 0 bridgehead atoms. The van der Waals surface area contributed by atoms with Gasteiger partial charge in [0.05, 0.1) is 23.2 Å². The van der Waals surface area contributed by atoms with Crippen molar-refractivity contribution >= 4 is 50.5 Å². The van der Waals surface area contributed by atoms with Crippen molar-refractivity contribution in [3.8, 4) is 23.3 Å². The Hall–Kier alpha value is -5.19. The van der Waals surface area contributed by atoms with E-state index in [1.165, 1.54) is 15.9 Å². The molecule has 46 heavy (non-hydrogen) atoms. The van der Waals surface area contributed by atoms with Crippen LogP contribution in [0, 0.1) is 17.2 Å². The summed E-state index contributed by atoms with van der Waals surface area (Å²) in [4.78, 5) is 38.6. The van der Waals surface area contributed by atoms with Crippen molar-refractivity contribution in [3.05, 3.63) is 72.0 Å². The topological polar surface area (TPSA) is 141 Å². The van der Waals surface area contributed by atoms with Gasteiger partial charge in [-0.25, -0.2) is 14.6 Å². The molecule has 1 aliphatic rings. The molecule has 2 aromatic carbocycles. The highest BCUT2D eigenvalue weighted by Crippen LogP contribution is 2.35. The number of amides is 1.